The van der Waals surface area contributed by atoms with E-state index in [1.165, 1.54) is 28.6 Å². The van der Waals surface area contributed by atoms with Gasteiger partial charge in [-0.15, -0.1) is 0 Å². The number of rotatable bonds is 6. The maximum Gasteiger partial charge on any atom is 0.243 e. The molecule has 1 aliphatic heterocycles. The summed E-state index contributed by atoms with van der Waals surface area (Å²) >= 11 is 9.44. The second-order valence-electron chi connectivity index (χ2n) is 8.30. The molecule has 1 atom stereocenters. The third kappa shape index (κ3) is 5.17. The van der Waals surface area contributed by atoms with Gasteiger partial charge in [0.25, 0.3) is 0 Å². The summed E-state index contributed by atoms with van der Waals surface area (Å²) in [6, 6.07) is 19.4. The molecule has 0 N–H and O–H groups in total. The lowest BCUT2D eigenvalue weighted by molar-refractivity contribution is -0.119. The molecule has 1 amide bonds. The lowest BCUT2D eigenvalue weighted by Crippen LogP contribution is -2.44. The number of sulfonamides is 1. The van der Waals surface area contributed by atoms with Crippen molar-refractivity contribution in [3.8, 4) is 0 Å². The fourth-order valence-corrected chi connectivity index (χ4v) is 6.00. The number of hydrogen-bond acceptors (Lipinski definition) is 3. The number of aryl methyl sites for hydroxylation is 1. The van der Waals surface area contributed by atoms with Gasteiger partial charge in [-0.1, -0.05) is 57.4 Å². The molecule has 3 aromatic rings. The van der Waals surface area contributed by atoms with Crippen LogP contribution in [0.4, 0.5) is 5.69 Å². The van der Waals surface area contributed by atoms with Gasteiger partial charge in [-0.3, -0.25) is 4.79 Å². The average Bonchev–Trinajstić information content (AvgIpc) is 3.09. The van der Waals surface area contributed by atoms with E-state index in [9.17, 15) is 13.2 Å². The molecular formula is C25H24BrClN2O3S. The van der Waals surface area contributed by atoms with E-state index < -0.39 is 10.0 Å². The molecule has 0 aromatic heterocycles. The molecule has 3 aromatic carbocycles. The highest BCUT2D eigenvalue weighted by molar-refractivity contribution is 9.10. The fourth-order valence-electron chi connectivity index (χ4n) is 4.09. The fraction of sp³-hybridized carbons (Fsp3) is 0.240. The van der Waals surface area contributed by atoms with Crippen molar-refractivity contribution in [1.29, 1.82) is 0 Å². The van der Waals surface area contributed by atoms with Crippen LogP contribution in [0.15, 0.2) is 76.1 Å². The first-order valence-electron chi connectivity index (χ1n) is 10.6. The number of halogens is 2. The second kappa shape index (κ2) is 9.58. The van der Waals surface area contributed by atoms with Crippen LogP contribution in [0.2, 0.25) is 5.02 Å². The standard InChI is InChI=1S/C25H24BrClN2O3S/c1-17-3-5-19(6-4-17)15-28(33(31,32)23-10-8-22(27)9-11-23)16-25(30)29-18(2)13-20-14-21(26)7-12-24(20)29/h3-12,14,18H,13,15-16H2,1-2H3. The smallest absolute Gasteiger partial charge is 0.243 e. The number of hydrogen-bond donors (Lipinski definition) is 0. The molecule has 1 heterocycles. The van der Waals surface area contributed by atoms with Gasteiger partial charge in [-0.25, -0.2) is 8.42 Å². The predicted molar refractivity (Wildman–Crippen MR) is 135 cm³/mol. The van der Waals surface area contributed by atoms with Gasteiger partial charge < -0.3 is 4.90 Å². The van der Waals surface area contributed by atoms with Crippen molar-refractivity contribution in [1.82, 2.24) is 4.31 Å². The van der Waals surface area contributed by atoms with Gasteiger partial charge in [0.15, 0.2) is 0 Å². The van der Waals surface area contributed by atoms with Crippen molar-refractivity contribution < 1.29 is 13.2 Å². The summed E-state index contributed by atoms with van der Waals surface area (Å²) in [6.07, 6.45) is 0.725. The van der Waals surface area contributed by atoms with Crippen LogP contribution in [0.1, 0.15) is 23.6 Å². The Morgan fingerprint density at radius 2 is 1.76 bits per heavy atom. The van der Waals surface area contributed by atoms with Crippen molar-refractivity contribution in [2.45, 2.75) is 37.8 Å². The lowest BCUT2D eigenvalue weighted by Gasteiger charge is -2.27. The summed E-state index contributed by atoms with van der Waals surface area (Å²) in [5.41, 5.74) is 3.78. The van der Waals surface area contributed by atoms with E-state index in [1.807, 2.05) is 56.3 Å². The normalized spacial score (nSPS) is 15.7. The summed E-state index contributed by atoms with van der Waals surface area (Å²) in [5, 5.41) is 0.448. The Kier molecular flexibility index (Phi) is 6.96. The Hall–Kier alpha value is -2.19. The molecule has 0 bridgehead atoms. The molecule has 5 nitrogen and oxygen atoms in total. The van der Waals surface area contributed by atoms with Crippen molar-refractivity contribution >= 4 is 49.1 Å². The summed E-state index contributed by atoms with van der Waals surface area (Å²) in [4.78, 5) is 15.3. The van der Waals surface area contributed by atoms with Crippen LogP contribution in [0, 0.1) is 6.92 Å². The van der Waals surface area contributed by atoms with Crippen molar-refractivity contribution in [2.24, 2.45) is 0 Å². The van der Waals surface area contributed by atoms with Crippen LogP contribution in [-0.2, 0) is 27.8 Å². The minimum atomic E-state index is -3.93. The van der Waals surface area contributed by atoms with E-state index in [4.69, 9.17) is 11.6 Å². The molecule has 0 saturated carbocycles. The molecule has 0 saturated heterocycles. The molecule has 1 aliphatic rings. The second-order valence-corrected chi connectivity index (χ2v) is 11.6. The van der Waals surface area contributed by atoms with Gasteiger partial charge in [-0.05, 0) is 73.9 Å². The van der Waals surface area contributed by atoms with Crippen molar-refractivity contribution in [3.05, 3.63) is 92.9 Å². The van der Waals surface area contributed by atoms with E-state index in [-0.39, 0.29) is 29.9 Å². The van der Waals surface area contributed by atoms with Crippen LogP contribution in [0.3, 0.4) is 0 Å². The van der Waals surface area contributed by atoms with Crippen LogP contribution in [-0.4, -0.2) is 31.2 Å². The molecular weight excluding hydrogens is 524 g/mol. The topological polar surface area (TPSA) is 57.7 Å². The molecule has 0 spiro atoms. The zero-order valence-corrected chi connectivity index (χ0v) is 21.5. The maximum absolute atomic E-state index is 13.5. The molecule has 0 aliphatic carbocycles. The molecule has 172 valence electrons. The van der Waals surface area contributed by atoms with Gasteiger partial charge in [-0.2, -0.15) is 4.31 Å². The average molecular weight is 548 g/mol. The largest absolute Gasteiger partial charge is 0.308 e. The Morgan fingerprint density at radius 1 is 1.09 bits per heavy atom. The third-order valence-corrected chi connectivity index (χ3v) is 8.32. The Bertz CT molecular complexity index is 1280. The first-order valence-corrected chi connectivity index (χ1v) is 13.2. The van der Waals surface area contributed by atoms with Crippen LogP contribution < -0.4 is 4.90 Å². The van der Waals surface area contributed by atoms with E-state index in [2.05, 4.69) is 15.9 Å². The number of amides is 1. The van der Waals surface area contributed by atoms with Crippen LogP contribution in [0.25, 0.3) is 0 Å². The third-order valence-electron chi connectivity index (χ3n) is 5.77. The summed E-state index contributed by atoms with van der Waals surface area (Å²) < 4.78 is 29.3. The SMILES string of the molecule is Cc1ccc(CN(CC(=O)N2c3ccc(Br)cc3CC2C)S(=O)(=O)c2ccc(Cl)cc2)cc1. The highest BCUT2D eigenvalue weighted by atomic mass is 79.9. The molecule has 0 fully saturated rings. The lowest BCUT2D eigenvalue weighted by atomic mass is 10.1. The van der Waals surface area contributed by atoms with Gasteiger partial charge in [0.1, 0.15) is 0 Å². The monoisotopic (exact) mass is 546 g/mol. The number of benzene rings is 3. The predicted octanol–water partition coefficient (Wildman–Crippen LogP) is 5.58. The summed E-state index contributed by atoms with van der Waals surface area (Å²) in [7, 11) is -3.93. The number of fused-ring (bicyclic) bond motifs is 1. The van der Waals surface area contributed by atoms with Gasteiger partial charge in [0.05, 0.1) is 11.4 Å². The van der Waals surface area contributed by atoms with Crippen molar-refractivity contribution in [3.63, 3.8) is 0 Å². The Morgan fingerprint density at radius 3 is 2.42 bits per heavy atom. The highest BCUT2D eigenvalue weighted by Gasteiger charge is 2.34. The maximum atomic E-state index is 13.5. The zero-order valence-electron chi connectivity index (χ0n) is 18.3. The number of carbonyl (C=O) groups is 1. The number of anilines is 1. The van der Waals surface area contributed by atoms with Crippen LogP contribution in [0.5, 0.6) is 0 Å². The minimum absolute atomic E-state index is 0.0544. The summed E-state index contributed by atoms with van der Waals surface area (Å²) in [5.74, 6) is -0.256. The Labute approximate surface area is 208 Å². The first-order chi connectivity index (χ1) is 15.6. The van der Waals surface area contributed by atoms with E-state index >= 15 is 0 Å². The quantitative estimate of drug-likeness (QED) is 0.405. The van der Waals surface area contributed by atoms with E-state index in [1.54, 1.807) is 4.90 Å². The molecule has 0 radical (unpaired) electrons. The summed E-state index contributed by atoms with van der Waals surface area (Å²) in [6.45, 7) is 3.77. The van der Waals surface area contributed by atoms with Gasteiger partial charge in [0.2, 0.25) is 15.9 Å². The van der Waals surface area contributed by atoms with E-state index in [0.717, 1.165) is 33.3 Å². The number of carbonyl (C=O) groups excluding carboxylic acids is 1. The molecule has 1 unspecified atom stereocenters. The van der Waals surface area contributed by atoms with E-state index in [0.29, 0.717) is 5.02 Å². The first kappa shape index (κ1) is 24.0. The minimum Gasteiger partial charge on any atom is -0.308 e. The van der Waals surface area contributed by atoms with Crippen molar-refractivity contribution in [2.75, 3.05) is 11.4 Å². The molecule has 33 heavy (non-hydrogen) atoms. The van der Waals surface area contributed by atoms with Crippen LogP contribution >= 0.6 is 27.5 Å². The number of nitrogens with zero attached hydrogens (tertiary/aromatic N) is 2. The van der Waals surface area contributed by atoms with Gasteiger partial charge >= 0.3 is 0 Å². The zero-order chi connectivity index (χ0) is 23.8. The van der Waals surface area contributed by atoms with Gasteiger partial charge in [0, 0.05) is 27.8 Å². The Balaban J connectivity index is 1.67. The molecule has 4 rings (SSSR count). The molecule has 8 heteroatoms. The highest BCUT2D eigenvalue weighted by Crippen LogP contribution is 2.34.